The summed E-state index contributed by atoms with van der Waals surface area (Å²) < 4.78 is 0. The zero-order valence-electron chi connectivity index (χ0n) is 18.2. The Kier molecular flexibility index (Phi) is 7.20. The van der Waals surface area contributed by atoms with Gasteiger partial charge in [0.05, 0.1) is 13.1 Å². The van der Waals surface area contributed by atoms with Crippen LogP contribution < -0.4 is 16.1 Å². The molecule has 0 saturated carbocycles. The van der Waals surface area contributed by atoms with Gasteiger partial charge in [0.1, 0.15) is 5.54 Å². The molecule has 1 heterocycles. The topological polar surface area (TPSA) is 111 Å². The summed E-state index contributed by atoms with van der Waals surface area (Å²) in [5.41, 5.74) is 1.93. The van der Waals surface area contributed by atoms with Gasteiger partial charge in [0.2, 0.25) is 5.91 Å². The minimum atomic E-state index is -1.10. The predicted octanol–water partition coefficient (Wildman–Crippen LogP) is 0.807. The highest BCUT2D eigenvalue weighted by Gasteiger charge is 2.48. The number of imide groups is 1. The lowest BCUT2D eigenvalue weighted by molar-refractivity contribution is -0.139. The minimum absolute atomic E-state index is 0.0135. The van der Waals surface area contributed by atoms with E-state index in [-0.39, 0.29) is 24.5 Å². The molecule has 9 heteroatoms. The SMILES string of the molecule is CN(CC(=O)NN1C(=O)N[C@](C)(CCc2ccccc2)C1=O)CC(=O)NC(C)(C)C. The van der Waals surface area contributed by atoms with Gasteiger partial charge >= 0.3 is 6.03 Å². The summed E-state index contributed by atoms with van der Waals surface area (Å²) in [5, 5.41) is 6.19. The number of amides is 5. The summed E-state index contributed by atoms with van der Waals surface area (Å²) >= 11 is 0. The van der Waals surface area contributed by atoms with Crippen molar-refractivity contribution in [3.05, 3.63) is 35.9 Å². The Morgan fingerprint density at radius 2 is 1.70 bits per heavy atom. The van der Waals surface area contributed by atoms with Crippen LogP contribution in [0.25, 0.3) is 0 Å². The highest BCUT2D eigenvalue weighted by molar-refractivity contribution is 6.07. The fourth-order valence-electron chi connectivity index (χ4n) is 3.16. The van der Waals surface area contributed by atoms with Gasteiger partial charge in [-0.2, -0.15) is 5.01 Å². The molecule has 1 atom stereocenters. The number of urea groups is 1. The highest BCUT2D eigenvalue weighted by Crippen LogP contribution is 2.22. The third-order valence-electron chi connectivity index (χ3n) is 4.60. The van der Waals surface area contributed by atoms with Crippen LogP contribution in [0.3, 0.4) is 0 Å². The van der Waals surface area contributed by atoms with Crippen LogP contribution in [0.5, 0.6) is 0 Å². The second-order valence-corrected chi connectivity index (χ2v) is 8.89. The number of hydrazine groups is 1. The van der Waals surface area contributed by atoms with Gasteiger partial charge in [-0.25, -0.2) is 4.79 Å². The van der Waals surface area contributed by atoms with Crippen LogP contribution in [0, 0.1) is 0 Å². The standard InChI is InChI=1S/C21H31N5O4/c1-20(2,3)22-16(27)13-25(5)14-17(28)24-26-18(29)21(4,23-19(26)30)12-11-15-9-7-6-8-10-15/h6-10H,11-14H2,1-5H3,(H,22,27)(H,23,30)(H,24,28)/t21-/m1/s1. The van der Waals surface area contributed by atoms with Crippen molar-refractivity contribution in [2.45, 2.75) is 51.6 Å². The van der Waals surface area contributed by atoms with Crippen molar-refractivity contribution in [2.24, 2.45) is 0 Å². The Morgan fingerprint density at radius 1 is 1.10 bits per heavy atom. The maximum atomic E-state index is 12.8. The fraction of sp³-hybridized carbons (Fsp3) is 0.524. The molecule has 3 N–H and O–H groups in total. The molecule has 0 unspecified atom stereocenters. The quantitative estimate of drug-likeness (QED) is 0.542. The number of rotatable bonds is 8. The Morgan fingerprint density at radius 3 is 2.30 bits per heavy atom. The number of hydrogen-bond donors (Lipinski definition) is 3. The number of likely N-dealkylation sites (N-methyl/N-ethyl adjacent to an activating group) is 1. The zero-order valence-corrected chi connectivity index (χ0v) is 18.2. The van der Waals surface area contributed by atoms with E-state index in [9.17, 15) is 19.2 Å². The van der Waals surface area contributed by atoms with Gasteiger partial charge in [-0.1, -0.05) is 30.3 Å². The number of carbonyl (C=O) groups is 4. The first-order chi connectivity index (χ1) is 13.9. The fourth-order valence-corrected chi connectivity index (χ4v) is 3.16. The molecule has 164 valence electrons. The van der Waals surface area contributed by atoms with Gasteiger partial charge in [0.15, 0.2) is 0 Å². The molecular weight excluding hydrogens is 386 g/mol. The molecular formula is C21H31N5O4. The van der Waals surface area contributed by atoms with Gasteiger partial charge in [0, 0.05) is 5.54 Å². The molecule has 0 aromatic heterocycles. The summed E-state index contributed by atoms with van der Waals surface area (Å²) in [4.78, 5) is 50.8. The van der Waals surface area contributed by atoms with Crippen molar-refractivity contribution in [3.8, 4) is 0 Å². The minimum Gasteiger partial charge on any atom is -0.350 e. The molecule has 1 fully saturated rings. The molecule has 0 spiro atoms. The third kappa shape index (κ3) is 6.55. The van der Waals surface area contributed by atoms with Crippen LogP contribution in [0.1, 0.15) is 39.7 Å². The van der Waals surface area contributed by atoms with E-state index in [2.05, 4.69) is 16.1 Å². The molecule has 9 nitrogen and oxygen atoms in total. The van der Waals surface area contributed by atoms with Crippen molar-refractivity contribution in [3.63, 3.8) is 0 Å². The number of nitrogens with one attached hydrogen (secondary N) is 3. The monoisotopic (exact) mass is 417 g/mol. The van der Waals surface area contributed by atoms with E-state index < -0.39 is 23.4 Å². The Balaban J connectivity index is 1.88. The van der Waals surface area contributed by atoms with Crippen LogP contribution in [-0.2, 0) is 20.8 Å². The van der Waals surface area contributed by atoms with Gasteiger partial charge in [0.25, 0.3) is 11.8 Å². The first-order valence-corrected chi connectivity index (χ1v) is 9.89. The molecule has 2 rings (SSSR count). The smallest absolute Gasteiger partial charge is 0.344 e. The van der Waals surface area contributed by atoms with Gasteiger partial charge in [-0.15, -0.1) is 0 Å². The molecule has 5 amide bonds. The number of carbonyl (C=O) groups excluding carboxylic acids is 4. The Hall–Kier alpha value is -2.94. The van der Waals surface area contributed by atoms with E-state index in [4.69, 9.17) is 0 Å². The number of benzene rings is 1. The van der Waals surface area contributed by atoms with E-state index in [0.717, 1.165) is 10.6 Å². The lowest BCUT2D eigenvalue weighted by Crippen LogP contribution is -2.52. The molecule has 1 aromatic rings. The van der Waals surface area contributed by atoms with E-state index >= 15 is 0 Å². The Bertz CT molecular complexity index is 805. The summed E-state index contributed by atoms with van der Waals surface area (Å²) in [6.45, 7) is 7.11. The number of hydrogen-bond acceptors (Lipinski definition) is 5. The molecule has 30 heavy (non-hydrogen) atoms. The van der Waals surface area contributed by atoms with Crippen LogP contribution in [0.15, 0.2) is 30.3 Å². The van der Waals surface area contributed by atoms with Crippen LogP contribution >= 0.6 is 0 Å². The lowest BCUT2D eigenvalue weighted by atomic mass is 9.93. The maximum absolute atomic E-state index is 12.8. The van der Waals surface area contributed by atoms with Crippen LogP contribution in [0.2, 0.25) is 0 Å². The molecule has 0 aliphatic carbocycles. The van der Waals surface area contributed by atoms with E-state index in [1.807, 2.05) is 51.1 Å². The second-order valence-electron chi connectivity index (χ2n) is 8.89. The largest absolute Gasteiger partial charge is 0.350 e. The van der Waals surface area contributed by atoms with Crippen LogP contribution in [0.4, 0.5) is 4.79 Å². The van der Waals surface area contributed by atoms with E-state index in [1.165, 1.54) is 4.90 Å². The number of aryl methyl sites for hydroxylation is 1. The molecule has 1 saturated heterocycles. The molecule has 1 aromatic carbocycles. The third-order valence-corrected chi connectivity index (χ3v) is 4.60. The first-order valence-electron chi connectivity index (χ1n) is 9.89. The molecule has 1 aliphatic heterocycles. The second kappa shape index (κ2) is 9.25. The summed E-state index contributed by atoms with van der Waals surface area (Å²) in [7, 11) is 1.61. The average Bonchev–Trinajstić information content (AvgIpc) is 2.82. The van der Waals surface area contributed by atoms with Crippen molar-refractivity contribution in [1.29, 1.82) is 0 Å². The van der Waals surface area contributed by atoms with Crippen LogP contribution in [-0.4, -0.2) is 64.9 Å². The summed E-state index contributed by atoms with van der Waals surface area (Å²) in [6, 6.07) is 8.98. The van der Waals surface area contributed by atoms with Gasteiger partial charge in [-0.05, 0) is 53.1 Å². The molecule has 0 bridgehead atoms. The van der Waals surface area contributed by atoms with Gasteiger partial charge < -0.3 is 10.6 Å². The van der Waals surface area contributed by atoms with Crippen molar-refractivity contribution in [2.75, 3.05) is 20.1 Å². The number of nitrogens with zero attached hydrogens (tertiary/aromatic N) is 2. The van der Waals surface area contributed by atoms with Crippen molar-refractivity contribution in [1.82, 2.24) is 26.0 Å². The van der Waals surface area contributed by atoms with Crippen molar-refractivity contribution >= 4 is 23.8 Å². The zero-order chi connectivity index (χ0) is 22.5. The van der Waals surface area contributed by atoms with Crippen molar-refractivity contribution < 1.29 is 19.2 Å². The first kappa shape index (κ1) is 23.3. The van der Waals surface area contributed by atoms with E-state index in [0.29, 0.717) is 12.8 Å². The summed E-state index contributed by atoms with van der Waals surface area (Å²) in [6.07, 6.45) is 1.01. The Labute approximate surface area is 177 Å². The summed E-state index contributed by atoms with van der Waals surface area (Å²) in [5.74, 6) is -1.29. The average molecular weight is 418 g/mol. The normalized spacial score (nSPS) is 19.1. The van der Waals surface area contributed by atoms with Gasteiger partial charge in [-0.3, -0.25) is 24.7 Å². The predicted molar refractivity (Wildman–Crippen MR) is 112 cm³/mol. The lowest BCUT2D eigenvalue weighted by Gasteiger charge is -2.24. The van der Waals surface area contributed by atoms with E-state index in [1.54, 1.807) is 14.0 Å². The maximum Gasteiger partial charge on any atom is 0.344 e. The molecule has 1 aliphatic rings. The molecule has 0 radical (unpaired) electrons. The highest BCUT2D eigenvalue weighted by atomic mass is 16.2.